The minimum absolute atomic E-state index is 0.0267. The lowest BCUT2D eigenvalue weighted by Crippen LogP contribution is -2.60. The Morgan fingerprint density at radius 1 is 1.23 bits per heavy atom. The fourth-order valence-electron chi connectivity index (χ4n) is 6.24. The van der Waals surface area contributed by atoms with Crippen molar-refractivity contribution in [2.24, 2.45) is 22.7 Å². The second-order valence-corrected chi connectivity index (χ2v) is 9.23. The second kappa shape index (κ2) is 6.03. The minimum atomic E-state index is -0.846. The summed E-state index contributed by atoms with van der Waals surface area (Å²) in [5, 5.41) is 30.6. The Hall–Kier alpha value is -0.950. The van der Waals surface area contributed by atoms with E-state index in [0.29, 0.717) is 18.4 Å². The molecule has 0 bridgehead atoms. The predicted octanol–water partition coefficient (Wildman–Crippen LogP) is 1.18. The van der Waals surface area contributed by atoms with Crippen molar-refractivity contribution in [2.75, 3.05) is 19.8 Å². The molecule has 1 spiro atoms. The van der Waals surface area contributed by atoms with Crippen molar-refractivity contribution in [3.63, 3.8) is 0 Å². The van der Waals surface area contributed by atoms with Gasteiger partial charge in [-0.05, 0) is 49.4 Å². The van der Waals surface area contributed by atoms with Crippen molar-refractivity contribution in [1.29, 1.82) is 0 Å². The van der Waals surface area contributed by atoms with E-state index in [2.05, 4.69) is 6.92 Å². The Labute approximate surface area is 154 Å². The summed E-state index contributed by atoms with van der Waals surface area (Å²) in [7, 11) is 0. The number of hydrogen-bond acceptors (Lipinski definition) is 6. The van der Waals surface area contributed by atoms with Crippen molar-refractivity contribution < 1.29 is 29.6 Å². The summed E-state index contributed by atoms with van der Waals surface area (Å²) in [6, 6.07) is 0. The van der Waals surface area contributed by atoms with Gasteiger partial charge in [-0.3, -0.25) is 0 Å². The molecule has 6 heteroatoms. The van der Waals surface area contributed by atoms with E-state index in [1.54, 1.807) is 0 Å². The van der Waals surface area contributed by atoms with Crippen LogP contribution in [0.5, 0.6) is 0 Å². The van der Waals surface area contributed by atoms with Crippen molar-refractivity contribution in [1.82, 2.24) is 0 Å². The van der Waals surface area contributed by atoms with Crippen LogP contribution in [0, 0.1) is 22.7 Å². The van der Waals surface area contributed by atoms with Gasteiger partial charge in [0.2, 0.25) is 0 Å². The van der Waals surface area contributed by atoms with Gasteiger partial charge < -0.3 is 24.8 Å². The second-order valence-electron chi connectivity index (χ2n) is 9.23. The van der Waals surface area contributed by atoms with Gasteiger partial charge in [-0.15, -0.1) is 0 Å². The van der Waals surface area contributed by atoms with Crippen LogP contribution in [-0.2, 0) is 14.3 Å². The quantitative estimate of drug-likeness (QED) is 0.394. The number of ether oxygens (including phenoxy) is 2. The highest BCUT2D eigenvalue weighted by molar-refractivity contribution is 5.91. The average Bonchev–Trinajstić information content (AvgIpc) is 3.31. The molecule has 4 aliphatic rings. The number of aliphatic hydroxyl groups excluding tert-OH is 3. The first-order valence-electron chi connectivity index (χ1n) is 9.75. The van der Waals surface area contributed by atoms with Crippen LogP contribution in [0.3, 0.4) is 0 Å². The first kappa shape index (κ1) is 18.4. The van der Waals surface area contributed by atoms with Crippen molar-refractivity contribution in [3.8, 4) is 0 Å². The van der Waals surface area contributed by atoms with E-state index in [4.69, 9.17) is 9.47 Å². The summed E-state index contributed by atoms with van der Waals surface area (Å²) in [5.41, 5.74) is -0.405. The van der Waals surface area contributed by atoms with E-state index >= 15 is 0 Å². The van der Waals surface area contributed by atoms with Gasteiger partial charge in [0.1, 0.15) is 12.7 Å². The summed E-state index contributed by atoms with van der Waals surface area (Å²) in [6.45, 7) is 4.99. The molecule has 0 aromatic heterocycles. The maximum atomic E-state index is 11.8. The topological polar surface area (TPSA) is 99.5 Å². The zero-order chi connectivity index (χ0) is 18.7. The molecule has 4 fully saturated rings. The van der Waals surface area contributed by atoms with E-state index < -0.39 is 23.6 Å². The Morgan fingerprint density at radius 3 is 2.54 bits per heavy atom. The first-order valence-corrected chi connectivity index (χ1v) is 9.75. The maximum Gasteiger partial charge on any atom is 0.336 e. The molecule has 2 heterocycles. The number of fused-ring (bicyclic) bond motifs is 1. The molecular formula is C20H30O6. The summed E-state index contributed by atoms with van der Waals surface area (Å²) in [4.78, 5) is 11.8. The van der Waals surface area contributed by atoms with Crippen LogP contribution in [0.2, 0.25) is 0 Å². The maximum absolute atomic E-state index is 11.8. The lowest BCUT2D eigenvalue weighted by molar-refractivity contribution is -0.175. The van der Waals surface area contributed by atoms with Gasteiger partial charge in [-0.25, -0.2) is 4.79 Å². The third kappa shape index (κ3) is 2.49. The number of epoxide rings is 1. The highest BCUT2D eigenvalue weighted by Gasteiger charge is 2.66. The van der Waals surface area contributed by atoms with E-state index in [-0.39, 0.29) is 36.1 Å². The summed E-state index contributed by atoms with van der Waals surface area (Å²) >= 11 is 0. The molecule has 7 atom stereocenters. The van der Waals surface area contributed by atoms with Gasteiger partial charge in [-0.2, -0.15) is 0 Å². The number of esters is 1. The standard InChI is InChI=1S/C20H30O6/c1-18-7-6-16(23)19(2,10-21)14(18)5-8-20(11-26-20)15(18)4-3-12-13(22)9-25-17(12)24/h3,13-16,21-23H,4-11H2,1-2H3/b12-3+/t13?,14?,15?,16?,18-,19-,20-/m0/s1. The number of rotatable bonds is 3. The van der Waals surface area contributed by atoms with Gasteiger partial charge in [-0.1, -0.05) is 19.9 Å². The van der Waals surface area contributed by atoms with Crippen molar-refractivity contribution in [2.45, 2.75) is 63.8 Å². The molecule has 2 saturated heterocycles. The fourth-order valence-corrected chi connectivity index (χ4v) is 6.24. The molecule has 3 N–H and O–H groups in total. The van der Waals surface area contributed by atoms with Crippen LogP contribution in [0.4, 0.5) is 0 Å². The largest absolute Gasteiger partial charge is 0.459 e. The third-order valence-corrected chi connectivity index (χ3v) is 7.99. The summed E-state index contributed by atoms with van der Waals surface area (Å²) in [5.74, 6) is -0.0392. The average molecular weight is 366 g/mol. The number of carbonyl (C=O) groups is 1. The number of hydrogen-bond donors (Lipinski definition) is 3. The minimum Gasteiger partial charge on any atom is -0.459 e. The van der Waals surface area contributed by atoms with E-state index in [1.165, 1.54) is 0 Å². The Kier molecular flexibility index (Phi) is 4.27. The molecule has 146 valence electrons. The zero-order valence-electron chi connectivity index (χ0n) is 15.6. The van der Waals surface area contributed by atoms with Crippen molar-refractivity contribution in [3.05, 3.63) is 11.6 Å². The molecule has 0 aromatic carbocycles. The SMILES string of the molecule is C[C@@]1(CO)C(O)CC[C@]2(C)C(C/C=C3/C(=O)OCC3O)[C@]3(CCC12)CO3. The molecule has 0 aromatic rings. The number of carbonyl (C=O) groups excluding carboxylic acids is 1. The van der Waals surface area contributed by atoms with Gasteiger partial charge in [0.05, 0.1) is 30.5 Å². The molecule has 4 rings (SSSR count). The zero-order valence-corrected chi connectivity index (χ0v) is 15.6. The molecule has 2 saturated carbocycles. The van der Waals surface area contributed by atoms with Gasteiger partial charge >= 0.3 is 5.97 Å². The van der Waals surface area contributed by atoms with Gasteiger partial charge in [0, 0.05) is 5.41 Å². The van der Waals surface area contributed by atoms with Gasteiger partial charge in [0.15, 0.2) is 0 Å². The molecule has 0 amide bonds. The van der Waals surface area contributed by atoms with E-state index in [9.17, 15) is 20.1 Å². The summed E-state index contributed by atoms with van der Waals surface area (Å²) in [6.07, 6.45) is 4.53. The van der Waals surface area contributed by atoms with E-state index in [0.717, 1.165) is 25.9 Å². The Bertz CT molecular complexity index is 626. The fraction of sp³-hybridized carbons (Fsp3) is 0.850. The molecule has 6 nitrogen and oxygen atoms in total. The lowest BCUT2D eigenvalue weighted by atomic mass is 9.45. The van der Waals surface area contributed by atoms with Crippen LogP contribution >= 0.6 is 0 Å². The van der Waals surface area contributed by atoms with Crippen molar-refractivity contribution >= 4 is 5.97 Å². The smallest absolute Gasteiger partial charge is 0.336 e. The monoisotopic (exact) mass is 366 g/mol. The molecule has 4 unspecified atom stereocenters. The van der Waals surface area contributed by atoms with Gasteiger partial charge in [0.25, 0.3) is 0 Å². The third-order valence-electron chi connectivity index (χ3n) is 7.99. The number of aliphatic hydroxyl groups is 3. The van der Waals surface area contributed by atoms with Crippen LogP contribution in [0.1, 0.15) is 46.0 Å². The van der Waals surface area contributed by atoms with Crippen LogP contribution in [0.25, 0.3) is 0 Å². The summed E-state index contributed by atoms with van der Waals surface area (Å²) < 4.78 is 10.9. The lowest BCUT2D eigenvalue weighted by Gasteiger charge is -2.60. The number of cyclic esters (lactones) is 1. The molecular weight excluding hydrogens is 336 g/mol. The van der Waals surface area contributed by atoms with Crippen LogP contribution in [0.15, 0.2) is 11.6 Å². The first-order chi connectivity index (χ1) is 12.3. The molecule has 26 heavy (non-hydrogen) atoms. The predicted molar refractivity (Wildman–Crippen MR) is 93.1 cm³/mol. The number of allylic oxidation sites excluding steroid dienone is 1. The Balaban J connectivity index is 1.66. The highest BCUT2D eigenvalue weighted by atomic mass is 16.6. The molecule has 0 radical (unpaired) electrons. The van der Waals surface area contributed by atoms with Crippen LogP contribution in [-0.4, -0.2) is 58.9 Å². The van der Waals surface area contributed by atoms with E-state index in [1.807, 2.05) is 13.0 Å². The van der Waals surface area contributed by atoms with Crippen LogP contribution < -0.4 is 0 Å². The Morgan fingerprint density at radius 2 is 1.96 bits per heavy atom. The highest BCUT2D eigenvalue weighted by Crippen LogP contribution is 2.66. The normalized spacial score (nSPS) is 52.2. The molecule has 2 aliphatic carbocycles. The molecule has 2 aliphatic heterocycles.